The van der Waals surface area contributed by atoms with Crippen LogP contribution in [0, 0.1) is 0 Å². The molecule has 9 nitrogen and oxygen atoms in total. The van der Waals surface area contributed by atoms with Crippen LogP contribution in [0.2, 0.25) is 0 Å². The van der Waals surface area contributed by atoms with Crippen LogP contribution in [0.25, 0.3) is 11.4 Å². The number of aromatic nitrogens is 4. The molecule has 1 atom stereocenters. The van der Waals surface area contributed by atoms with Crippen molar-refractivity contribution in [2.75, 3.05) is 6.61 Å². The number of carbonyl (C=O) groups is 2. The monoisotopic (exact) mass is 381 g/mol. The first-order valence-corrected chi connectivity index (χ1v) is 8.54. The molecule has 1 heterocycles. The van der Waals surface area contributed by atoms with Gasteiger partial charge < -0.3 is 15.2 Å². The Morgan fingerprint density at radius 2 is 1.86 bits per heavy atom. The fourth-order valence-corrected chi connectivity index (χ4v) is 2.53. The number of carboxylic acid groups (broad SMARTS) is 1. The maximum atomic E-state index is 12.1. The van der Waals surface area contributed by atoms with Crippen LogP contribution in [0.15, 0.2) is 54.6 Å². The summed E-state index contributed by atoms with van der Waals surface area (Å²) in [5.74, 6) is -0.657. The molecule has 1 amide bonds. The molecule has 144 valence electrons. The van der Waals surface area contributed by atoms with Crippen molar-refractivity contribution < 1.29 is 19.4 Å². The largest absolute Gasteiger partial charge is 0.484 e. The minimum absolute atomic E-state index is 0.196. The number of aliphatic carboxylic acids is 1. The molecule has 0 fully saturated rings. The van der Waals surface area contributed by atoms with Crippen molar-refractivity contribution in [1.82, 2.24) is 25.5 Å². The number of benzene rings is 2. The van der Waals surface area contributed by atoms with Crippen molar-refractivity contribution >= 4 is 11.9 Å². The van der Waals surface area contributed by atoms with E-state index >= 15 is 0 Å². The lowest BCUT2D eigenvalue weighted by atomic mass is 10.1. The topological polar surface area (TPSA) is 119 Å². The normalized spacial score (nSPS) is 11.6. The zero-order chi connectivity index (χ0) is 19.9. The zero-order valence-electron chi connectivity index (χ0n) is 15.1. The van der Waals surface area contributed by atoms with Crippen molar-refractivity contribution in [2.24, 2.45) is 7.05 Å². The van der Waals surface area contributed by atoms with E-state index < -0.39 is 17.9 Å². The maximum absolute atomic E-state index is 12.1. The molecule has 0 aliphatic carbocycles. The van der Waals surface area contributed by atoms with E-state index in [4.69, 9.17) is 4.74 Å². The molecular weight excluding hydrogens is 362 g/mol. The summed E-state index contributed by atoms with van der Waals surface area (Å²) in [4.78, 5) is 24.9. The molecule has 0 saturated carbocycles. The summed E-state index contributed by atoms with van der Waals surface area (Å²) in [5, 5.41) is 23.6. The predicted molar refractivity (Wildman–Crippen MR) is 99.4 cm³/mol. The Balaban J connectivity index is 1.53. The Morgan fingerprint density at radius 3 is 2.46 bits per heavy atom. The van der Waals surface area contributed by atoms with E-state index in [0.29, 0.717) is 11.6 Å². The van der Waals surface area contributed by atoms with E-state index in [0.717, 1.165) is 11.1 Å². The van der Waals surface area contributed by atoms with Crippen molar-refractivity contribution in [3.05, 3.63) is 60.2 Å². The average Bonchev–Trinajstić information content (AvgIpc) is 3.13. The van der Waals surface area contributed by atoms with Crippen molar-refractivity contribution in [3.63, 3.8) is 0 Å². The lowest BCUT2D eigenvalue weighted by Gasteiger charge is -2.15. The summed E-state index contributed by atoms with van der Waals surface area (Å²) in [6, 6.07) is 14.9. The van der Waals surface area contributed by atoms with Gasteiger partial charge in [-0.15, -0.1) is 10.2 Å². The Hall–Kier alpha value is -3.75. The molecule has 0 aliphatic rings. The van der Waals surface area contributed by atoms with Gasteiger partial charge in [-0.2, -0.15) is 4.80 Å². The first-order chi connectivity index (χ1) is 13.5. The highest BCUT2D eigenvalue weighted by Crippen LogP contribution is 2.18. The van der Waals surface area contributed by atoms with Crippen molar-refractivity contribution in [1.29, 1.82) is 0 Å². The Bertz CT molecular complexity index is 940. The SMILES string of the molecule is Cn1nnc(-c2ccc(OCC(=O)N[C@H](Cc3ccccc3)C(=O)O)cc2)n1. The fourth-order valence-electron chi connectivity index (χ4n) is 2.53. The van der Waals surface area contributed by atoms with Crippen LogP contribution < -0.4 is 10.1 Å². The van der Waals surface area contributed by atoms with Crippen molar-refractivity contribution in [2.45, 2.75) is 12.5 Å². The number of rotatable bonds is 8. The quantitative estimate of drug-likeness (QED) is 0.599. The lowest BCUT2D eigenvalue weighted by molar-refractivity contribution is -0.142. The van der Waals surface area contributed by atoms with Gasteiger partial charge in [-0.25, -0.2) is 4.79 Å². The second-order valence-electron chi connectivity index (χ2n) is 6.06. The van der Waals surface area contributed by atoms with Gasteiger partial charge in [0.05, 0.1) is 7.05 Å². The van der Waals surface area contributed by atoms with Crippen LogP contribution in [0.5, 0.6) is 5.75 Å². The second-order valence-corrected chi connectivity index (χ2v) is 6.06. The Morgan fingerprint density at radius 1 is 1.14 bits per heavy atom. The summed E-state index contributed by atoms with van der Waals surface area (Å²) >= 11 is 0. The summed E-state index contributed by atoms with van der Waals surface area (Å²) in [5.41, 5.74) is 1.59. The van der Waals surface area contributed by atoms with Gasteiger partial charge in [-0.3, -0.25) is 4.79 Å². The molecule has 2 aromatic carbocycles. The van der Waals surface area contributed by atoms with Crippen LogP contribution >= 0.6 is 0 Å². The molecule has 0 aliphatic heterocycles. The number of carboxylic acids is 1. The van der Waals surface area contributed by atoms with Gasteiger partial charge in [0, 0.05) is 12.0 Å². The highest BCUT2D eigenvalue weighted by molar-refractivity contribution is 5.84. The van der Waals surface area contributed by atoms with Gasteiger partial charge in [0.25, 0.3) is 5.91 Å². The third-order valence-electron chi connectivity index (χ3n) is 3.91. The molecule has 0 bridgehead atoms. The molecule has 0 spiro atoms. The number of aryl methyl sites for hydroxylation is 1. The average molecular weight is 381 g/mol. The Labute approximate surface area is 160 Å². The van der Waals surface area contributed by atoms with E-state index in [-0.39, 0.29) is 13.0 Å². The molecule has 3 aromatic rings. The maximum Gasteiger partial charge on any atom is 0.326 e. The molecule has 0 saturated heterocycles. The standard InChI is InChI=1S/C19H19N5O4/c1-24-22-18(21-23-24)14-7-9-15(10-8-14)28-12-17(25)20-16(19(26)27)11-13-5-3-2-4-6-13/h2-10,16H,11-12H2,1H3,(H,20,25)(H,26,27)/t16-/m1/s1. The molecular formula is C19H19N5O4. The number of tetrazole rings is 1. The first kappa shape index (κ1) is 19.0. The number of nitrogens with zero attached hydrogens (tertiary/aromatic N) is 4. The van der Waals surface area contributed by atoms with Crippen LogP contribution in [0.4, 0.5) is 0 Å². The summed E-state index contributed by atoms with van der Waals surface area (Å²) < 4.78 is 5.43. The van der Waals surface area contributed by atoms with Crippen LogP contribution in [0.3, 0.4) is 0 Å². The smallest absolute Gasteiger partial charge is 0.326 e. The fraction of sp³-hybridized carbons (Fsp3) is 0.211. The van der Waals surface area contributed by atoms with Crippen LogP contribution in [-0.4, -0.2) is 49.8 Å². The predicted octanol–water partition coefficient (Wildman–Crippen LogP) is 1.07. The lowest BCUT2D eigenvalue weighted by Crippen LogP contribution is -2.44. The van der Waals surface area contributed by atoms with Gasteiger partial charge in [0.15, 0.2) is 6.61 Å². The van der Waals surface area contributed by atoms with E-state index in [1.165, 1.54) is 4.80 Å². The minimum Gasteiger partial charge on any atom is -0.484 e. The van der Waals surface area contributed by atoms with E-state index in [9.17, 15) is 14.7 Å². The van der Waals surface area contributed by atoms with Gasteiger partial charge in [-0.1, -0.05) is 30.3 Å². The molecule has 2 N–H and O–H groups in total. The summed E-state index contributed by atoms with van der Waals surface area (Å²) in [7, 11) is 1.68. The van der Waals surface area contributed by atoms with Gasteiger partial charge in [0.2, 0.25) is 5.82 Å². The number of hydrogen-bond acceptors (Lipinski definition) is 6. The number of amides is 1. The molecule has 0 radical (unpaired) electrons. The van der Waals surface area contributed by atoms with Crippen LogP contribution in [0.1, 0.15) is 5.56 Å². The number of carbonyl (C=O) groups excluding carboxylic acids is 1. The third-order valence-corrected chi connectivity index (χ3v) is 3.91. The van der Waals surface area contributed by atoms with E-state index in [1.54, 1.807) is 31.3 Å². The molecule has 3 rings (SSSR count). The van der Waals surface area contributed by atoms with Gasteiger partial charge in [0.1, 0.15) is 11.8 Å². The number of ether oxygens (including phenoxy) is 1. The summed E-state index contributed by atoms with van der Waals surface area (Å²) in [6.07, 6.45) is 0.196. The molecule has 28 heavy (non-hydrogen) atoms. The van der Waals surface area contributed by atoms with E-state index in [2.05, 4.69) is 20.7 Å². The zero-order valence-corrected chi connectivity index (χ0v) is 15.1. The molecule has 1 aromatic heterocycles. The highest BCUT2D eigenvalue weighted by atomic mass is 16.5. The molecule has 9 heteroatoms. The third kappa shape index (κ3) is 5.13. The van der Waals surface area contributed by atoms with Gasteiger partial charge in [-0.05, 0) is 35.0 Å². The Kier molecular flexibility index (Phi) is 5.95. The summed E-state index contributed by atoms with van der Waals surface area (Å²) in [6.45, 7) is -0.290. The van der Waals surface area contributed by atoms with Crippen molar-refractivity contribution in [3.8, 4) is 17.1 Å². The van der Waals surface area contributed by atoms with Crippen LogP contribution in [-0.2, 0) is 23.1 Å². The number of nitrogens with one attached hydrogen (secondary N) is 1. The van der Waals surface area contributed by atoms with Gasteiger partial charge >= 0.3 is 5.97 Å². The second kappa shape index (κ2) is 8.76. The highest BCUT2D eigenvalue weighted by Gasteiger charge is 2.20. The first-order valence-electron chi connectivity index (χ1n) is 8.54. The van der Waals surface area contributed by atoms with E-state index in [1.807, 2.05) is 30.3 Å². The minimum atomic E-state index is -1.10. The molecule has 0 unspecified atom stereocenters. The number of hydrogen-bond donors (Lipinski definition) is 2.